The Morgan fingerprint density at radius 1 is 1.30 bits per heavy atom. The molecule has 2 aromatic rings. The van der Waals surface area contributed by atoms with Crippen molar-refractivity contribution in [1.82, 2.24) is 19.9 Å². The SMILES string of the molecule is CCCn1ccnc1C(CCc1cccnc1)NCC. The summed E-state index contributed by atoms with van der Waals surface area (Å²) in [5.41, 5.74) is 1.28. The molecule has 2 aromatic heterocycles. The predicted octanol–water partition coefficient (Wildman–Crippen LogP) is 2.97. The maximum Gasteiger partial charge on any atom is 0.125 e. The van der Waals surface area contributed by atoms with Crippen LogP contribution in [0, 0.1) is 0 Å². The number of hydrogen-bond acceptors (Lipinski definition) is 3. The molecule has 4 heteroatoms. The molecule has 0 aromatic carbocycles. The van der Waals surface area contributed by atoms with Gasteiger partial charge >= 0.3 is 0 Å². The van der Waals surface area contributed by atoms with Crippen molar-refractivity contribution >= 4 is 0 Å². The quantitative estimate of drug-likeness (QED) is 0.803. The largest absolute Gasteiger partial charge is 0.334 e. The van der Waals surface area contributed by atoms with Crippen molar-refractivity contribution < 1.29 is 0 Å². The first kappa shape index (κ1) is 14.7. The van der Waals surface area contributed by atoms with Crippen molar-refractivity contribution in [1.29, 1.82) is 0 Å². The van der Waals surface area contributed by atoms with Gasteiger partial charge in [-0.25, -0.2) is 4.98 Å². The number of nitrogens with zero attached hydrogens (tertiary/aromatic N) is 3. The topological polar surface area (TPSA) is 42.7 Å². The van der Waals surface area contributed by atoms with E-state index in [-0.39, 0.29) is 0 Å². The number of rotatable bonds is 8. The molecule has 4 nitrogen and oxygen atoms in total. The van der Waals surface area contributed by atoms with Crippen molar-refractivity contribution in [2.45, 2.75) is 45.7 Å². The average Bonchev–Trinajstić information content (AvgIpc) is 2.93. The summed E-state index contributed by atoms with van der Waals surface area (Å²) in [7, 11) is 0. The Morgan fingerprint density at radius 3 is 2.90 bits per heavy atom. The lowest BCUT2D eigenvalue weighted by atomic mass is 10.1. The van der Waals surface area contributed by atoms with E-state index in [2.05, 4.69) is 46.0 Å². The van der Waals surface area contributed by atoms with Crippen LogP contribution in [0.15, 0.2) is 36.9 Å². The molecule has 2 heterocycles. The second-order valence-corrected chi connectivity index (χ2v) is 4.99. The Balaban J connectivity index is 2.04. The summed E-state index contributed by atoms with van der Waals surface area (Å²) in [5.74, 6) is 1.15. The summed E-state index contributed by atoms with van der Waals surface area (Å²) < 4.78 is 2.26. The molecule has 0 amide bonds. The highest BCUT2D eigenvalue weighted by molar-refractivity contribution is 5.10. The molecule has 2 rings (SSSR count). The second-order valence-electron chi connectivity index (χ2n) is 4.99. The van der Waals surface area contributed by atoms with Crippen molar-refractivity contribution in [3.8, 4) is 0 Å². The Kier molecular flexibility index (Phi) is 5.74. The third-order valence-corrected chi connectivity index (χ3v) is 3.42. The standard InChI is InChI=1S/C16H24N4/c1-3-11-20-12-10-19-16(20)15(18-4-2)8-7-14-6-5-9-17-13-14/h5-6,9-10,12-13,15,18H,3-4,7-8,11H2,1-2H3. The molecule has 108 valence electrons. The maximum absolute atomic E-state index is 4.55. The van der Waals surface area contributed by atoms with Gasteiger partial charge in [0.1, 0.15) is 5.82 Å². The third-order valence-electron chi connectivity index (χ3n) is 3.42. The first-order chi connectivity index (χ1) is 9.85. The van der Waals surface area contributed by atoms with E-state index in [9.17, 15) is 0 Å². The van der Waals surface area contributed by atoms with E-state index in [1.54, 1.807) is 0 Å². The highest BCUT2D eigenvalue weighted by Crippen LogP contribution is 2.18. The minimum Gasteiger partial charge on any atom is -0.334 e. The zero-order valence-electron chi connectivity index (χ0n) is 12.4. The summed E-state index contributed by atoms with van der Waals surface area (Å²) >= 11 is 0. The van der Waals surface area contributed by atoms with Gasteiger partial charge in [-0.2, -0.15) is 0 Å². The van der Waals surface area contributed by atoms with E-state index in [0.29, 0.717) is 6.04 Å². The van der Waals surface area contributed by atoms with Gasteiger partial charge in [-0.05, 0) is 37.4 Å². The smallest absolute Gasteiger partial charge is 0.125 e. The number of nitrogens with one attached hydrogen (secondary N) is 1. The molecule has 0 aliphatic carbocycles. The van der Waals surface area contributed by atoms with Gasteiger partial charge < -0.3 is 9.88 Å². The first-order valence-corrected chi connectivity index (χ1v) is 7.48. The van der Waals surface area contributed by atoms with Crippen LogP contribution in [0.3, 0.4) is 0 Å². The normalized spacial score (nSPS) is 12.5. The summed E-state index contributed by atoms with van der Waals surface area (Å²) in [6, 6.07) is 4.44. The molecule has 0 saturated heterocycles. The molecule has 20 heavy (non-hydrogen) atoms. The fourth-order valence-corrected chi connectivity index (χ4v) is 2.49. The van der Waals surface area contributed by atoms with Crippen LogP contribution in [-0.4, -0.2) is 21.1 Å². The minimum absolute atomic E-state index is 0.307. The van der Waals surface area contributed by atoms with Crippen LogP contribution in [0.2, 0.25) is 0 Å². The molecule has 0 radical (unpaired) electrons. The number of aryl methyl sites for hydroxylation is 2. The Bertz CT molecular complexity index is 492. The van der Waals surface area contributed by atoms with Gasteiger partial charge in [0.25, 0.3) is 0 Å². The first-order valence-electron chi connectivity index (χ1n) is 7.48. The Labute approximate surface area is 121 Å². The summed E-state index contributed by atoms with van der Waals surface area (Å²) in [6.07, 6.45) is 10.9. The Morgan fingerprint density at radius 2 is 2.20 bits per heavy atom. The molecule has 0 spiro atoms. The van der Waals surface area contributed by atoms with Crippen LogP contribution in [0.1, 0.15) is 44.1 Å². The van der Waals surface area contributed by atoms with Gasteiger partial charge in [0.15, 0.2) is 0 Å². The zero-order valence-corrected chi connectivity index (χ0v) is 12.4. The summed E-state index contributed by atoms with van der Waals surface area (Å²) in [5, 5.41) is 3.55. The van der Waals surface area contributed by atoms with Crippen LogP contribution < -0.4 is 5.32 Å². The van der Waals surface area contributed by atoms with Gasteiger partial charge in [0.2, 0.25) is 0 Å². The van der Waals surface area contributed by atoms with E-state index in [1.807, 2.05) is 24.7 Å². The highest BCUT2D eigenvalue weighted by Gasteiger charge is 2.15. The van der Waals surface area contributed by atoms with E-state index < -0.39 is 0 Å². The fraction of sp³-hybridized carbons (Fsp3) is 0.500. The van der Waals surface area contributed by atoms with Gasteiger partial charge in [-0.15, -0.1) is 0 Å². The third kappa shape index (κ3) is 3.90. The van der Waals surface area contributed by atoms with Crippen molar-refractivity contribution in [2.75, 3.05) is 6.54 Å². The minimum atomic E-state index is 0.307. The van der Waals surface area contributed by atoms with Crippen LogP contribution in [0.5, 0.6) is 0 Å². The van der Waals surface area contributed by atoms with E-state index in [1.165, 1.54) is 5.56 Å². The van der Waals surface area contributed by atoms with Crippen LogP contribution in [0.25, 0.3) is 0 Å². The van der Waals surface area contributed by atoms with E-state index >= 15 is 0 Å². The van der Waals surface area contributed by atoms with E-state index in [4.69, 9.17) is 0 Å². The molecule has 0 aliphatic rings. The number of imidazole rings is 1. The lowest BCUT2D eigenvalue weighted by Gasteiger charge is -2.19. The summed E-state index contributed by atoms with van der Waals surface area (Å²) in [4.78, 5) is 8.73. The maximum atomic E-state index is 4.55. The molecule has 0 saturated carbocycles. The lowest BCUT2D eigenvalue weighted by Crippen LogP contribution is -2.25. The van der Waals surface area contributed by atoms with Crippen molar-refractivity contribution in [3.63, 3.8) is 0 Å². The van der Waals surface area contributed by atoms with Gasteiger partial charge in [-0.3, -0.25) is 4.98 Å². The predicted molar refractivity (Wildman–Crippen MR) is 81.5 cm³/mol. The average molecular weight is 272 g/mol. The summed E-state index contributed by atoms with van der Waals surface area (Å²) in [6.45, 7) is 6.33. The molecule has 0 fully saturated rings. The van der Waals surface area contributed by atoms with Crippen LogP contribution in [-0.2, 0) is 13.0 Å². The highest BCUT2D eigenvalue weighted by atomic mass is 15.1. The van der Waals surface area contributed by atoms with Gasteiger partial charge in [0, 0.05) is 31.3 Å². The molecule has 1 N–H and O–H groups in total. The lowest BCUT2D eigenvalue weighted by molar-refractivity contribution is 0.463. The zero-order chi connectivity index (χ0) is 14.2. The molecule has 1 unspecified atom stereocenters. The number of pyridine rings is 1. The van der Waals surface area contributed by atoms with Crippen molar-refractivity contribution in [3.05, 3.63) is 48.3 Å². The molecule has 0 bridgehead atoms. The molecule has 1 atom stereocenters. The molecular weight excluding hydrogens is 248 g/mol. The van der Waals surface area contributed by atoms with Crippen LogP contribution in [0.4, 0.5) is 0 Å². The van der Waals surface area contributed by atoms with Crippen molar-refractivity contribution in [2.24, 2.45) is 0 Å². The number of hydrogen-bond donors (Lipinski definition) is 1. The molecule has 0 aliphatic heterocycles. The molecular formula is C16H24N4. The monoisotopic (exact) mass is 272 g/mol. The second kappa shape index (κ2) is 7.80. The number of aromatic nitrogens is 3. The van der Waals surface area contributed by atoms with Crippen LogP contribution >= 0.6 is 0 Å². The fourth-order valence-electron chi connectivity index (χ4n) is 2.49. The van der Waals surface area contributed by atoms with Gasteiger partial charge in [0.05, 0.1) is 6.04 Å². The Hall–Kier alpha value is -1.68. The van der Waals surface area contributed by atoms with Gasteiger partial charge in [-0.1, -0.05) is 19.9 Å². The van der Waals surface area contributed by atoms with E-state index in [0.717, 1.165) is 38.2 Å².